The Hall–Kier alpha value is -0.870. The van der Waals surface area contributed by atoms with Crippen LogP contribution in [0.3, 0.4) is 0 Å². The van der Waals surface area contributed by atoms with Crippen molar-refractivity contribution in [3.8, 4) is 0 Å². The average molecular weight is 238 g/mol. The summed E-state index contributed by atoms with van der Waals surface area (Å²) in [5.41, 5.74) is 7.93. The minimum atomic E-state index is 0.395. The number of hydrogen-bond donors (Lipinski definition) is 1. The lowest BCUT2D eigenvalue weighted by Crippen LogP contribution is -2.39. The molecule has 0 amide bonds. The van der Waals surface area contributed by atoms with Gasteiger partial charge in [-0.1, -0.05) is 0 Å². The summed E-state index contributed by atoms with van der Waals surface area (Å²) in [7, 11) is 1.75. The van der Waals surface area contributed by atoms with E-state index < -0.39 is 0 Å². The van der Waals surface area contributed by atoms with E-state index in [1.807, 2.05) is 17.8 Å². The van der Waals surface area contributed by atoms with E-state index in [0.717, 1.165) is 24.6 Å². The maximum atomic E-state index is 5.85. The van der Waals surface area contributed by atoms with Gasteiger partial charge >= 0.3 is 0 Å². The van der Waals surface area contributed by atoms with Gasteiger partial charge in [-0.05, 0) is 25.1 Å². The molecular weight excluding hydrogens is 220 g/mol. The van der Waals surface area contributed by atoms with Crippen molar-refractivity contribution in [2.24, 2.45) is 0 Å². The number of hydrogen-bond acceptors (Lipinski definition) is 4. The van der Waals surface area contributed by atoms with Crippen molar-refractivity contribution in [1.29, 1.82) is 0 Å². The fourth-order valence-electron chi connectivity index (χ4n) is 2.04. The molecule has 0 saturated heterocycles. The highest BCUT2D eigenvalue weighted by Gasteiger charge is 2.21. The molecule has 88 valence electrons. The van der Waals surface area contributed by atoms with Crippen LogP contribution in [0.4, 0.5) is 11.4 Å². The molecule has 0 radical (unpaired) electrons. The van der Waals surface area contributed by atoms with Crippen LogP contribution in [0.25, 0.3) is 0 Å². The third kappa shape index (κ3) is 2.28. The molecule has 1 heterocycles. The summed E-state index contributed by atoms with van der Waals surface area (Å²) in [6, 6.07) is 6.54. The highest BCUT2D eigenvalue weighted by atomic mass is 32.2. The largest absolute Gasteiger partial charge is 0.399 e. The van der Waals surface area contributed by atoms with E-state index in [0.29, 0.717) is 6.04 Å². The molecule has 0 aromatic heterocycles. The Balaban J connectivity index is 2.27. The number of nitrogens with zero attached hydrogens (tertiary/aromatic N) is 1. The zero-order valence-corrected chi connectivity index (χ0v) is 10.6. The van der Waals surface area contributed by atoms with Crippen LogP contribution in [0, 0.1) is 0 Å². The van der Waals surface area contributed by atoms with Crippen LogP contribution < -0.4 is 10.6 Å². The quantitative estimate of drug-likeness (QED) is 0.819. The SMILES string of the molecule is COCC(C)N1CCSc2ccc(N)cc21. The molecule has 1 aliphatic heterocycles. The molecule has 2 rings (SSSR count). The van der Waals surface area contributed by atoms with E-state index in [1.165, 1.54) is 10.6 Å². The fraction of sp³-hybridized carbons (Fsp3) is 0.500. The molecule has 0 spiro atoms. The Labute approximate surface area is 101 Å². The zero-order chi connectivity index (χ0) is 11.5. The summed E-state index contributed by atoms with van der Waals surface area (Å²) in [5.74, 6) is 1.13. The molecule has 1 atom stereocenters. The molecule has 1 aromatic rings. The Morgan fingerprint density at radius 3 is 3.12 bits per heavy atom. The van der Waals surface area contributed by atoms with Gasteiger partial charge < -0.3 is 15.4 Å². The van der Waals surface area contributed by atoms with E-state index in [1.54, 1.807) is 7.11 Å². The Morgan fingerprint density at radius 1 is 1.56 bits per heavy atom. The van der Waals surface area contributed by atoms with Crippen LogP contribution in [0.5, 0.6) is 0 Å². The van der Waals surface area contributed by atoms with Gasteiger partial charge in [0.1, 0.15) is 0 Å². The van der Waals surface area contributed by atoms with Gasteiger partial charge in [0.2, 0.25) is 0 Å². The summed E-state index contributed by atoms with van der Waals surface area (Å²) >= 11 is 1.90. The van der Waals surface area contributed by atoms with E-state index >= 15 is 0 Å². The summed E-state index contributed by atoms with van der Waals surface area (Å²) < 4.78 is 5.22. The molecule has 0 saturated carbocycles. The van der Waals surface area contributed by atoms with Crippen LogP contribution in [0.15, 0.2) is 23.1 Å². The van der Waals surface area contributed by atoms with E-state index in [4.69, 9.17) is 10.5 Å². The van der Waals surface area contributed by atoms with Gasteiger partial charge in [-0.3, -0.25) is 0 Å². The minimum Gasteiger partial charge on any atom is -0.399 e. The molecule has 2 N–H and O–H groups in total. The third-order valence-electron chi connectivity index (χ3n) is 2.82. The van der Waals surface area contributed by atoms with Gasteiger partial charge in [0.25, 0.3) is 0 Å². The van der Waals surface area contributed by atoms with Gasteiger partial charge in [-0.15, -0.1) is 11.8 Å². The van der Waals surface area contributed by atoms with Crippen LogP contribution in [-0.4, -0.2) is 32.1 Å². The molecule has 0 bridgehead atoms. The number of nitrogen functional groups attached to an aromatic ring is 1. The number of rotatable bonds is 3. The smallest absolute Gasteiger partial charge is 0.0663 e. The van der Waals surface area contributed by atoms with Crippen LogP contribution in [0.2, 0.25) is 0 Å². The van der Waals surface area contributed by atoms with Crippen molar-refractivity contribution in [3.63, 3.8) is 0 Å². The molecular formula is C12H18N2OS. The number of fused-ring (bicyclic) bond motifs is 1. The number of ether oxygens (including phenoxy) is 1. The lowest BCUT2D eigenvalue weighted by molar-refractivity contribution is 0.182. The first-order valence-electron chi connectivity index (χ1n) is 5.50. The monoisotopic (exact) mass is 238 g/mol. The molecule has 1 aliphatic rings. The number of benzene rings is 1. The number of thioether (sulfide) groups is 1. The Bertz CT molecular complexity index is 370. The first-order chi connectivity index (χ1) is 7.72. The normalized spacial score (nSPS) is 17.0. The van der Waals surface area contributed by atoms with Crippen LogP contribution in [-0.2, 0) is 4.74 Å². The number of anilines is 2. The lowest BCUT2D eigenvalue weighted by atomic mass is 10.2. The summed E-state index contributed by atoms with van der Waals surface area (Å²) in [4.78, 5) is 3.70. The summed E-state index contributed by atoms with van der Waals surface area (Å²) in [5, 5.41) is 0. The van der Waals surface area contributed by atoms with Crippen molar-refractivity contribution < 1.29 is 4.74 Å². The predicted octanol–water partition coefficient (Wildman–Crippen LogP) is 2.22. The van der Waals surface area contributed by atoms with Gasteiger partial charge in [-0.25, -0.2) is 0 Å². The van der Waals surface area contributed by atoms with Crippen molar-refractivity contribution in [2.45, 2.75) is 17.9 Å². The Kier molecular flexibility index (Phi) is 3.61. The third-order valence-corrected chi connectivity index (χ3v) is 3.87. The first kappa shape index (κ1) is 11.6. The number of nitrogens with two attached hydrogens (primary N) is 1. The van der Waals surface area contributed by atoms with Gasteiger partial charge in [-0.2, -0.15) is 0 Å². The van der Waals surface area contributed by atoms with Gasteiger partial charge in [0, 0.05) is 36.0 Å². The highest BCUT2D eigenvalue weighted by molar-refractivity contribution is 7.99. The summed E-state index contributed by atoms with van der Waals surface area (Å²) in [6.07, 6.45) is 0. The van der Waals surface area contributed by atoms with E-state index in [-0.39, 0.29) is 0 Å². The molecule has 16 heavy (non-hydrogen) atoms. The van der Waals surface area contributed by atoms with E-state index in [2.05, 4.69) is 24.0 Å². The standard InChI is InChI=1S/C12H18N2OS/c1-9(8-15-2)14-5-6-16-12-4-3-10(13)7-11(12)14/h3-4,7,9H,5-6,8,13H2,1-2H3. The molecule has 0 fully saturated rings. The second-order valence-electron chi connectivity index (χ2n) is 4.07. The molecule has 3 nitrogen and oxygen atoms in total. The molecule has 4 heteroatoms. The Morgan fingerprint density at radius 2 is 2.38 bits per heavy atom. The second-order valence-corrected chi connectivity index (χ2v) is 5.21. The van der Waals surface area contributed by atoms with Gasteiger partial charge in [0.15, 0.2) is 0 Å². The first-order valence-corrected chi connectivity index (χ1v) is 6.49. The van der Waals surface area contributed by atoms with Crippen LogP contribution in [0.1, 0.15) is 6.92 Å². The molecule has 0 aliphatic carbocycles. The fourth-order valence-corrected chi connectivity index (χ4v) is 3.04. The topological polar surface area (TPSA) is 38.5 Å². The number of methoxy groups -OCH3 is 1. The minimum absolute atomic E-state index is 0.395. The predicted molar refractivity (Wildman–Crippen MR) is 70.3 cm³/mol. The second kappa shape index (κ2) is 4.97. The highest BCUT2D eigenvalue weighted by Crippen LogP contribution is 2.36. The maximum absolute atomic E-state index is 5.85. The van der Waals surface area contributed by atoms with Crippen LogP contribution >= 0.6 is 11.8 Å². The van der Waals surface area contributed by atoms with Crippen molar-refractivity contribution >= 4 is 23.1 Å². The zero-order valence-electron chi connectivity index (χ0n) is 9.77. The van der Waals surface area contributed by atoms with Gasteiger partial charge in [0.05, 0.1) is 12.3 Å². The lowest BCUT2D eigenvalue weighted by Gasteiger charge is -2.35. The molecule has 1 unspecified atom stereocenters. The molecule has 1 aromatic carbocycles. The van der Waals surface area contributed by atoms with E-state index in [9.17, 15) is 0 Å². The maximum Gasteiger partial charge on any atom is 0.0663 e. The summed E-state index contributed by atoms with van der Waals surface area (Å²) in [6.45, 7) is 4.00. The van der Waals surface area contributed by atoms with Crippen molar-refractivity contribution in [2.75, 3.05) is 36.6 Å². The van der Waals surface area contributed by atoms with Crippen molar-refractivity contribution in [1.82, 2.24) is 0 Å². The van der Waals surface area contributed by atoms with Crippen molar-refractivity contribution in [3.05, 3.63) is 18.2 Å². The average Bonchev–Trinajstić information content (AvgIpc) is 2.28.